The van der Waals surface area contributed by atoms with Crippen LogP contribution in [0.3, 0.4) is 0 Å². The molecule has 21 heavy (non-hydrogen) atoms. The Balaban J connectivity index is 0.00000161. The molecule has 6 heteroatoms. The molecule has 112 valence electrons. The minimum Gasteiger partial charge on any atom is -0.350 e. The van der Waals surface area contributed by atoms with Crippen LogP contribution in [0.5, 0.6) is 0 Å². The molecule has 0 bridgehead atoms. The SMILES string of the molecule is Cc1[nH]ncc1C(=O)NCC1NCCc2ccccc21.Cl. The fraction of sp³-hybridized carbons (Fsp3) is 0.333. The van der Waals surface area contributed by atoms with E-state index >= 15 is 0 Å². The van der Waals surface area contributed by atoms with Crippen molar-refractivity contribution in [2.24, 2.45) is 0 Å². The number of hydrogen-bond donors (Lipinski definition) is 3. The Labute approximate surface area is 129 Å². The van der Waals surface area contributed by atoms with Crippen LogP contribution in [-0.2, 0) is 6.42 Å². The summed E-state index contributed by atoms with van der Waals surface area (Å²) in [6.07, 6.45) is 2.61. The van der Waals surface area contributed by atoms with E-state index in [-0.39, 0.29) is 24.4 Å². The monoisotopic (exact) mass is 306 g/mol. The largest absolute Gasteiger partial charge is 0.350 e. The average Bonchev–Trinajstić information content (AvgIpc) is 2.91. The Morgan fingerprint density at radius 1 is 1.43 bits per heavy atom. The van der Waals surface area contributed by atoms with E-state index in [9.17, 15) is 4.79 Å². The number of fused-ring (bicyclic) bond motifs is 1. The van der Waals surface area contributed by atoms with Crippen LogP contribution in [0.2, 0.25) is 0 Å². The van der Waals surface area contributed by atoms with E-state index in [1.807, 2.05) is 13.0 Å². The lowest BCUT2D eigenvalue weighted by Gasteiger charge is -2.27. The summed E-state index contributed by atoms with van der Waals surface area (Å²) in [5.74, 6) is -0.0823. The summed E-state index contributed by atoms with van der Waals surface area (Å²) in [6, 6.07) is 8.57. The van der Waals surface area contributed by atoms with Crippen molar-refractivity contribution in [1.29, 1.82) is 0 Å². The number of nitrogens with zero attached hydrogens (tertiary/aromatic N) is 1. The van der Waals surface area contributed by atoms with Gasteiger partial charge in [0.1, 0.15) is 0 Å². The van der Waals surface area contributed by atoms with E-state index in [2.05, 4.69) is 39.0 Å². The first-order chi connectivity index (χ1) is 9.75. The summed E-state index contributed by atoms with van der Waals surface area (Å²) in [4.78, 5) is 12.1. The quantitative estimate of drug-likeness (QED) is 0.809. The predicted molar refractivity (Wildman–Crippen MR) is 83.8 cm³/mol. The minimum absolute atomic E-state index is 0. The van der Waals surface area contributed by atoms with Gasteiger partial charge in [-0.15, -0.1) is 12.4 Å². The molecule has 3 N–H and O–H groups in total. The number of nitrogens with one attached hydrogen (secondary N) is 3. The van der Waals surface area contributed by atoms with Crippen LogP contribution in [0.15, 0.2) is 30.5 Å². The second kappa shape index (κ2) is 6.74. The summed E-state index contributed by atoms with van der Waals surface area (Å²) < 4.78 is 0. The third-order valence-electron chi connectivity index (χ3n) is 3.76. The van der Waals surface area contributed by atoms with Crippen molar-refractivity contribution in [2.75, 3.05) is 13.1 Å². The lowest BCUT2D eigenvalue weighted by Crippen LogP contribution is -2.38. The van der Waals surface area contributed by atoms with E-state index < -0.39 is 0 Å². The van der Waals surface area contributed by atoms with E-state index in [0.717, 1.165) is 18.7 Å². The molecule has 0 spiro atoms. The number of H-pyrrole nitrogens is 1. The number of amides is 1. The second-order valence-electron chi connectivity index (χ2n) is 5.07. The third-order valence-corrected chi connectivity index (χ3v) is 3.76. The van der Waals surface area contributed by atoms with E-state index in [1.165, 1.54) is 11.1 Å². The summed E-state index contributed by atoms with van der Waals surface area (Å²) in [5, 5.41) is 13.1. The number of halogens is 1. The van der Waals surface area contributed by atoms with Crippen molar-refractivity contribution in [1.82, 2.24) is 20.8 Å². The summed E-state index contributed by atoms with van der Waals surface area (Å²) in [5.41, 5.74) is 4.04. The predicted octanol–water partition coefficient (Wildman–Crippen LogP) is 1.76. The molecule has 1 amide bonds. The molecule has 2 heterocycles. The highest BCUT2D eigenvalue weighted by Gasteiger charge is 2.20. The van der Waals surface area contributed by atoms with E-state index in [4.69, 9.17) is 0 Å². The lowest BCUT2D eigenvalue weighted by molar-refractivity contribution is 0.0948. The van der Waals surface area contributed by atoms with Crippen molar-refractivity contribution in [3.05, 3.63) is 52.8 Å². The van der Waals surface area contributed by atoms with Crippen LogP contribution in [0.1, 0.15) is 33.2 Å². The fourth-order valence-electron chi connectivity index (χ4n) is 2.64. The zero-order valence-corrected chi connectivity index (χ0v) is 12.7. The first kappa shape index (κ1) is 15.5. The highest BCUT2D eigenvalue weighted by atomic mass is 35.5. The van der Waals surface area contributed by atoms with Crippen molar-refractivity contribution in [2.45, 2.75) is 19.4 Å². The number of aromatic nitrogens is 2. The molecule has 1 unspecified atom stereocenters. The molecule has 3 rings (SSSR count). The van der Waals surface area contributed by atoms with Gasteiger partial charge in [-0.25, -0.2) is 0 Å². The Kier molecular flexibility index (Phi) is 4.98. The lowest BCUT2D eigenvalue weighted by atomic mass is 9.94. The zero-order valence-electron chi connectivity index (χ0n) is 11.8. The van der Waals surface area contributed by atoms with Crippen LogP contribution >= 0.6 is 12.4 Å². The van der Waals surface area contributed by atoms with Gasteiger partial charge in [-0.2, -0.15) is 5.10 Å². The highest BCUT2D eigenvalue weighted by molar-refractivity contribution is 5.94. The van der Waals surface area contributed by atoms with Gasteiger partial charge in [-0.05, 0) is 31.0 Å². The molecule has 1 aliphatic heterocycles. The fourth-order valence-corrected chi connectivity index (χ4v) is 2.64. The second-order valence-corrected chi connectivity index (χ2v) is 5.07. The van der Waals surface area contributed by atoms with Gasteiger partial charge in [0.2, 0.25) is 0 Å². The molecule has 0 aliphatic carbocycles. The maximum absolute atomic E-state index is 12.1. The molecule has 1 aliphatic rings. The van der Waals surface area contributed by atoms with Crippen LogP contribution in [0.25, 0.3) is 0 Å². The van der Waals surface area contributed by atoms with Crippen molar-refractivity contribution < 1.29 is 4.79 Å². The zero-order chi connectivity index (χ0) is 13.9. The first-order valence-corrected chi connectivity index (χ1v) is 6.85. The number of aryl methyl sites for hydroxylation is 1. The first-order valence-electron chi connectivity index (χ1n) is 6.85. The number of carbonyl (C=O) groups is 1. The van der Waals surface area contributed by atoms with Gasteiger partial charge in [0.25, 0.3) is 5.91 Å². The van der Waals surface area contributed by atoms with E-state index in [1.54, 1.807) is 6.20 Å². The van der Waals surface area contributed by atoms with Crippen LogP contribution < -0.4 is 10.6 Å². The maximum Gasteiger partial charge on any atom is 0.254 e. The highest BCUT2D eigenvalue weighted by Crippen LogP contribution is 2.21. The molecule has 5 nitrogen and oxygen atoms in total. The molecule has 0 fully saturated rings. The van der Waals surface area contributed by atoms with Crippen LogP contribution in [0, 0.1) is 6.92 Å². The van der Waals surface area contributed by atoms with Gasteiger partial charge in [-0.1, -0.05) is 24.3 Å². The number of aromatic amines is 1. The number of hydrogen-bond acceptors (Lipinski definition) is 3. The van der Waals surface area contributed by atoms with Gasteiger partial charge in [0.15, 0.2) is 0 Å². The molecule has 1 atom stereocenters. The molecule has 0 saturated heterocycles. The molecule has 1 aromatic carbocycles. The van der Waals surface area contributed by atoms with Crippen LogP contribution in [0.4, 0.5) is 0 Å². The summed E-state index contributed by atoms with van der Waals surface area (Å²) >= 11 is 0. The van der Waals surface area contributed by atoms with Crippen molar-refractivity contribution >= 4 is 18.3 Å². The average molecular weight is 307 g/mol. The minimum atomic E-state index is -0.0823. The molecule has 2 aromatic rings. The Hall–Kier alpha value is -1.85. The third kappa shape index (κ3) is 3.25. The van der Waals surface area contributed by atoms with Gasteiger partial charge >= 0.3 is 0 Å². The van der Waals surface area contributed by atoms with E-state index in [0.29, 0.717) is 12.1 Å². The smallest absolute Gasteiger partial charge is 0.254 e. The Bertz CT molecular complexity index is 626. The molecule has 0 saturated carbocycles. The van der Waals surface area contributed by atoms with Crippen molar-refractivity contribution in [3.8, 4) is 0 Å². The van der Waals surface area contributed by atoms with Crippen molar-refractivity contribution in [3.63, 3.8) is 0 Å². The Morgan fingerprint density at radius 2 is 2.24 bits per heavy atom. The molecular weight excluding hydrogens is 288 g/mol. The maximum atomic E-state index is 12.1. The van der Waals surface area contributed by atoms with Gasteiger partial charge < -0.3 is 10.6 Å². The number of benzene rings is 1. The summed E-state index contributed by atoms with van der Waals surface area (Å²) in [6.45, 7) is 3.37. The molecule has 1 aromatic heterocycles. The van der Waals surface area contributed by atoms with Crippen LogP contribution in [-0.4, -0.2) is 29.2 Å². The number of carbonyl (C=O) groups excluding carboxylic acids is 1. The standard InChI is InChI=1S/C15H18N4O.ClH/c1-10-13(8-18-19-10)15(20)17-9-14-12-5-3-2-4-11(12)6-7-16-14;/h2-5,8,14,16H,6-7,9H2,1H3,(H,17,20)(H,18,19);1H. The summed E-state index contributed by atoms with van der Waals surface area (Å²) in [7, 11) is 0. The topological polar surface area (TPSA) is 69.8 Å². The van der Waals surface area contributed by atoms with Gasteiger partial charge in [0, 0.05) is 18.3 Å². The molecule has 0 radical (unpaired) electrons. The Morgan fingerprint density at radius 3 is 3.00 bits per heavy atom. The van der Waals surface area contributed by atoms with Gasteiger partial charge in [-0.3, -0.25) is 9.89 Å². The normalized spacial score (nSPS) is 16.7. The number of rotatable bonds is 3. The van der Waals surface area contributed by atoms with Gasteiger partial charge in [0.05, 0.1) is 11.8 Å². The molecular formula is C15H19ClN4O.